The first kappa shape index (κ1) is 14.7. The molecule has 100 valence electrons. The van der Waals surface area contributed by atoms with Gasteiger partial charge in [0, 0.05) is 19.6 Å². The van der Waals surface area contributed by atoms with E-state index in [2.05, 4.69) is 5.32 Å². The lowest BCUT2D eigenvalue weighted by molar-refractivity contribution is -0.130. The van der Waals surface area contributed by atoms with Crippen molar-refractivity contribution in [3.8, 4) is 0 Å². The Bertz CT molecular complexity index is 375. The molecule has 18 heavy (non-hydrogen) atoms. The van der Waals surface area contributed by atoms with Crippen LogP contribution in [0.15, 0.2) is 24.3 Å². The summed E-state index contributed by atoms with van der Waals surface area (Å²) in [6.45, 7) is 4.69. The molecule has 2 unspecified atom stereocenters. The maximum Gasteiger partial charge on any atom is 0.249 e. The minimum absolute atomic E-state index is 0.229. The van der Waals surface area contributed by atoms with Crippen LogP contribution in [0.3, 0.4) is 0 Å². The van der Waals surface area contributed by atoms with Crippen molar-refractivity contribution in [3.05, 3.63) is 35.4 Å². The van der Waals surface area contributed by atoms with E-state index in [0.29, 0.717) is 13.2 Å². The second kappa shape index (κ2) is 7.13. The van der Waals surface area contributed by atoms with Crippen molar-refractivity contribution >= 4 is 5.91 Å². The molecular formula is C14H21NO3. The van der Waals surface area contributed by atoms with Crippen molar-refractivity contribution in [2.45, 2.75) is 25.9 Å². The molecule has 0 saturated heterocycles. The normalized spacial score (nSPS) is 14.0. The maximum absolute atomic E-state index is 11.7. The van der Waals surface area contributed by atoms with E-state index < -0.39 is 6.10 Å². The average Bonchev–Trinajstić information content (AvgIpc) is 2.38. The number of methoxy groups -OCH3 is 1. The van der Waals surface area contributed by atoms with Crippen LogP contribution < -0.4 is 5.32 Å². The fourth-order valence-electron chi connectivity index (χ4n) is 1.66. The minimum atomic E-state index is -1.04. The van der Waals surface area contributed by atoms with Gasteiger partial charge in [-0.05, 0) is 12.5 Å². The van der Waals surface area contributed by atoms with E-state index in [1.54, 1.807) is 7.11 Å². The molecule has 1 rings (SSSR count). The van der Waals surface area contributed by atoms with E-state index in [1.165, 1.54) is 0 Å². The molecule has 0 aliphatic heterocycles. The van der Waals surface area contributed by atoms with Gasteiger partial charge in [0.05, 0.1) is 6.61 Å². The monoisotopic (exact) mass is 251 g/mol. The molecule has 0 bridgehead atoms. The third-order valence-electron chi connectivity index (χ3n) is 2.95. The Hall–Kier alpha value is -1.39. The number of carbonyl (C=O) groups is 1. The van der Waals surface area contributed by atoms with Crippen LogP contribution in [0.1, 0.15) is 24.0 Å². The molecule has 4 nitrogen and oxygen atoms in total. The number of hydrogen-bond donors (Lipinski definition) is 2. The molecule has 0 aliphatic carbocycles. The summed E-state index contributed by atoms with van der Waals surface area (Å²) in [4.78, 5) is 11.7. The van der Waals surface area contributed by atoms with Gasteiger partial charge in [0.25, 0.3) is 0 Å². The Balaban J connectivity index is 2.57. The van der Waals surface area contributed by atoms with E-state index in [-0.39, 0.29) is 11.8 Å². The lowest BCUT2D eigenvalue weighted by Crippen LogP contribution is -2.39. The minimum Gasteiger partial charge on any atom is -0.383 e. The van der Waals surface area contributed by atoms with Crippen LogP contribution in [0, 0.1) is 6.92 Å². The summed E-state index contributed by atoms with van der Waals surface area (Å²) in [7, 11) is 1.57. The number of hydrogen-bond acceptors (Lipinski definition) is 3. The largest absolute Gasteiger partial charge is 0.383 e. The van der Waals surface area contributed by atoms with Crippen molar-refractivity contribution < 1.29 is 14.6 Å². The van der Waals surface area contributed by atoms with Crippen LogP contribution in [0.25, 0.3) is 0 Å². The fraction of sp³-hybridized carbons (Fsp3) is 0.500. The van der Waals surface area contributed by atoms with Gasteiger partial charge in [-0.15, -0.1) is 0 Å². The average molecular weight is 251 g/mol. The number of aliphatic hydroxyl groups is 1. The number of benzene rings is 1. The van der Waals surface area contributed by atoms with Crippen molar-refractivity contribution in [1.29, 1.82) is 0 Å². The zero-order valence-electron chi connectivity index (χ0n) is 11.1. The number of aryl methyl sites for hydroxylation is 1. The number of ether oxygens (including phenoxy) is 1. The Labute approximate surface area is 108 Å². The van der Waals surface area contributed by atoms with Crippen LogP contribution in [0.2, 0.25) is 0 Å². The molecule has 0 heterocycles. The summed E-state index contributed by atoms with van der Waals surface area (Å²) in [5, 5.41) is 12.6. The Morgan fingerprint density at radius 2 is 2.00 bits per heavy atom. The molecule has 4 heteroatoms. The zero-order valence-corrected chi connectivity index (χ0v) is 11.1. The summed E-state index contributed by atoms with van der Waals surface area (Å²) in [5.74, 6) is -0.590. The number of carbonyl (C=O) groups excluding carboxylic acids is 1. The molecule has 1 aromatic carbocycles. The Morgan fingerprint density at radius 1 is 1.39 bits per heavy atom. The van der Waals surface area contributed by atoms with Gasteiger partial charge in [-0.1, -0.05) is 36.8 Å². The first-order valence-electron chi connectivity index (χ1n) is 6.07. The summed E-state index contributed by atoms with van der Waals surface area (Å²) in [6, 6.07) is 7.82. The third kappa shape index (κ3) is 4.13. The molecule has 0 saturated carbocycles. The van der Waals surface area contributed by atoms with E-state index in [0.717, 1.165) is 11.1 Å². The zero-order chi connectivity index (χ0) is 13.5. The van der Waals surface area contributed by atoms with Crippen LogP contribution >= 0.6 is 0 Å². The predicted octanol–water partition coefficient (Wildman–Crippen LogP) is 1.22. The van der Waals surface area contributed by atoms with Gasteiger partial charge in [-0.3, -0.25) is 4.79 Å². The molecule has 1 amide bonds. The van der Waals surface area contributed by atoms with Crippen LogP contribution in [-0.2, 0) is 9.53 Å². The standard InChI is InChI=1S/C14H21NO3/c1-10-4-6-12(7-5-10)11(2)13(16)14(17)15-8-9-18-3/h4-7,11,13,16H,8-9H2,1-3H3,(H,15,17). The van der Waals surface area contributed by atoms with Crippen molar-refractivity contribution in [1.82, 2.24) is 5.32 Å². The van der Waals surface area contributed by atoms with Crippen LogP contribution in [-0.4, -0.2) is 37.4 Å². The van der Waals surface area contributed by atoms with E-state index in [1.807, 2.05) is 38.1 Å². The highest BCUT2D eigenvalue weighted by molar-refractivity contribution is 5.81. The van der Waals surface area contributed by atoms with E-state index in [4.69, 9.17) is 4.74 Å². The second-order valence-electron chi connectivity index (χ2n) is 4.43. The summed E-state index contributed by atoms with van der Waals surface area (Å²) >= 11 is 0. The van der Waals surface area contributed by atoms with Crippen molar-refractivity contribution in [2.75, 3.05) is 20.3 Å². The summed E-state index contributed by atoms with van der Waals surface area (Å²) < 4.78 is 4.83. The van der Waals surface area contributed by atoms with Gasteiger partial charge < -0.3 is 15.2 Å². The van der Waals surface area contributed by atoms with Gasteiger partial charge >= 0.3 is 0 Å². The predicted molar refractivity (Wildman–Crippen MR) is 70.5 cm³/mol. The summed E-state index contributed by atoms with van der Waals surface area (Å²) in [5.41, 5.74) is 2.11. The second-order valence-corrected chi connectivity index (χ2v) is 4.43. The highest BCUT2D eigenvalue weighted by Crippen LogP contribution is 2.19. The van der Waals surface area contributed by atoms with E-state index >= 15 is 0 Å². The highest BCUT2D eigenvalue weighted by Gasteiger charge is 2.23. The molecule has 0 aliphatic rings. The molecule has 2 atom stereocenters. The first-order valence-corrected chi connectivity index (χ1v) is 6.07. The molecule has 2 N–H and O–H groups in total. The number of aliphatic hydroxyl groups excluding tert-OH is 1. The first-order chi connectivity index (χ1) is 8.56. The number of nitrogens with one attached hydrogen (secondary N) is 1. The maximum atomic E-state index is 11.7. The summed E-state index contributed by atoms with van der Waals surface area (Å²) in [6.07, 6.45) is -1.04. The van der Waals surface area contributed by atoms with Crippen molar-refractivity contribution in [2.24, 2.45) is 0 Å². The molecule has 0 aromatic heterocycles. The van der Waals surface area contributed by atoms with Gasteiger partial charge in [0.1, 0.15) is 6.10 Å². The third-order valence-corrected chi connectivity index (χ3v) is 2.95. The number of amides is 1. The van der Waals surface area contributed by atoms with Gasteiger partial charge in [-0.25, -0.2) is 0 Å². The lowest BCUT2D eigenvalue weighted by Gasteiger charge is -2.18. The Morgan fingerprint density at radius 3 is 2.56 bits per heavy atom. The van der Waals surface area contributed by atoms with Gasteiger partial charge in [0.15, 0.2) is 0 Å². The molecule has 1 aromatic rings. The van der Waals surface area contributed by atoms with Gasteiger partial charge in [0.2, 0.25) is 5.91 Å². The van der Waals surface area contributed by atoms with Crippen LogP contribution in [0.5, 0.6) is 0 Å². The lowest BCUT2D eigenvalue weighted by atomic mass is 9.94. The molecule has 0 radical (unpaired) electrons. The molecule has 0 fully saturated rings. The highest BCUT2D eigenvalue weighted by atomic mass is 16.5. The Kier molecular flexibility index (Phi) is 5.82. The quantitative estimate of drug-likeness (QED) is 0.747. The van der Waals surface area contributed by atoms with Gasteiger partial charge in [-0.2, -0.15) is 0 Å². The molecular weight excluding hydrogens is 230 g/mol. The van der Waals surface area contributed by atoms with E-state index in [9.17, 15) is 9.90 Å². The van der Waals surface area contributed by atoms with Crippen molar-refractivity contribution in [3.63, 3.8) is 0 Å². The SMILES string of the molecule is COCCNC(=O)C(O)C(C)c1ccc(C)cc1. The fourth-order valence-corrected chi connectivity index (χ4v) is 1.66. The molecule has 0 spiro atoms. The topological polar surface area (TPSA) is 58.6 Å². The number of rotatable bonds is 6. The smallest absolute Gasteiger partial charge is 0.249 e. The van der Waals surface area contributed by atoms with Crippen LogP contribution in [0.4, 0.5) is 0 Å².